The van der Waals surface area contributed by atoms with Crippen molar-refractivity contribution in [3.8, 4) is 5.75 Å². The molecule has 1 amide bonds. The van der Waals surface area contributed by atoms with E-state index >= 15 is 0 Å². The number of ether oxygens (including phenoxy) is 1. The van der Waals surface area contributed by atoms with Crippen LogP contribution < -0.4 is 9.64 Å². The van der Waals surface area contributed by atoms with Crippen molar-refractivity contribution in [3.63, 3.8) is 0 Å². The highest BCUT2D eigenvalue weighted by atomic mass is 19.4. The number of nitrogens with zero attached hydrogens (tertiary/aromatic N) is 3. The first-order chi connectivity index (χ1) is 14.7. The summed E-state index contributed by atoms with van der Waals surface area (Å²) in [6.07, 6.45) is -4.44. The maximum atomic E-state index is 12.9. The normalized spacial score (nSPS) is 14.5. The summed E-state index contributed by atoms with van der Waals surface area (Å²) in [5, 5.41) is 11.3. The largest absolute Gasteiger partial charge is 0.494 e. The lowest BCUT2D eigenvalue weighted by Gasteiger charge is -2.36. The molecule has 2 aromatic rings. The highest BCUT2D eigenvalue weighted by Gasteiger charge is 2.34. The molecule has 10 heteroatoms. The van der Waals surface area contributed by atoms with E-state index in [9.17, 15) is 28.1 Å². The number of amides is 1. The molecule has 0 unspecified atom stereocenters. The number of carbonyl (C=O) groups excluding carboxylic acids is 1. The number of halogens is 3. The number of rotatable bonds is 6. The Morgan fingerprint density at radius 2 is 1.74 bits per heavy atom. The minimum absolute atomic E-state index is 0.0780. The summed E-state index contributed by atoms with van der Waals surface area (Å²) in [7, 11) is 0. The van der Waals surface area contributed by atoms with Crippen molar-refractivity contribution in [2.45, 2.75) is 19.5 Å². The lowest BCUT2D eigenvalue weighted by Crippen LogP contribution is -2.49. The number of benzene rings is 2. The molecule has 7 nitrogen and oxygen atoms in total. The van der Waals surface area contributed by atoms with Gasteiger partial charge in [-0.3, -0.25) is 14.9 Å². The van der Waals surface area contributed by atoms with Crippen LogP contribution in [-0.4, -0.2) is 48.5 Å². The third-order valence-corrected chi connectivity index (χ3v) is 5.06. The van der Waals surface area contributed by atoms with Gasteiger partial charge in [-0.25, -0.2) is 0 Å². The number of nitro groups is 1. The molecule has 1 fully saturated rings. The van der Waals surface area contributed by atoms with Crippen molar-refractivity contribution in [2.75, 3.05) is 37.7 Å². The molecule has 0 saturated carbocycles. The van der Waals surface area contributed by atoms with Crippen LogP contribution in [-0.2, 0) is 17.4 Å². The fourth-order valence-corrected chi connectivity index (χ4v) is 3.47. The van der Waals surface area contributed by atoms with Crippen molar-refractivity contribution in [3.05, 3.63) is 63.7 Å². The number of hydrogen-bond acceptors (Lipinski definition) is 5. The van der Waals surface area contributed by atoms with Crippen LogP contribution in [0.1, 0.15) is 18.1 Å². The number of anilines is 1. The summed E-state index contributed by atoms with van der Waals surface area (Å²) in [5.41, 5.74) is -0.693. The van der Waals surface area contributed by atoms with Crippen molar-refractivity contribution >= 4 is 17.3 Å². The Hall–Kier alpha value is -3.30. The second-order valence-electron chi connectivity index (χ2n) is 7.08. The molecule has 0 atom stereocenters. The Bertz CT molecular complexity index is 940. The first kappa shape index (κ1) is 22.4. The summed E-state index contributed by atoms with van der Waals surface area (Å²) >= 11 is 0. The second kappa shape index (κ2) is 9.23. The van der Waals surface area contributed by atoms with Gasteiger partial charge < -0.3 is 14.5 Å². The molecular formula is C21H22F3N3O4. The fourth-order valence-electron chi connectivity index (χ4n) is 3.47. The van der Waals surface area contributed by atoms with Gasteiger partial charge in [0.2, 0.25) is 5.91 Å². The van der Waals surface area contributed by atoms with Crippen molar-refractivity contribution in [2.24, 2.45) is 0 Å². The molecule has 1 aliphatic heterocycles. The van der Waals surface area contributed by atoms with E-state index in [1.165, 1.54) is 0 Å². The number of hydrogen-bond donors (Lipinski definition) is 0. The van der Waals surface area contributed by atoms with E-state index in [1.807, 2.05) is 19.1 Å². The van der Waals surface area contributed by atoms with Crippen molar-refractivity contribution in [1.29, 1.82) is 0 Å². The minimum Gasteiger partial charge on any atom is -0.494 e. The Morgan fingerprint density at radius 3 is 2.29 bits per heavy atom. The molecule has 1 heterocycles. The van der Waals surface area contributed by atoms with Gasteiger partial charge >= 0.3 is 6.18 Å². The van der Waals surface area contributed by atoms with E-state index in [0.717, 1.165) is 23.4 Å². The third-order valence-electron chi connectivity index (χ3n) is 5.06. The zero-order valence-corrected chi connectivity index (χ0v) is 16.9. The van der Waals surface area contributed by atoms with E-state index in [1.54, 1.807) is 21.9 Å². The molecule has 0 spiro atoms. The van der Waals surface area contributed by atoms with Crippen LogP contribution in [0.25, 0.3) is 0 Å². The van der Waals surface area contributed by atoms with E-state index in [0.29, 0.717) is 38.9 Å². The molecule has 0 aliphatic carbocycles. The van der Waals surface area contributed by atoms with Gasteiger partial charge in [0.25, 0.3) is 5.69 Å². The van der Waals surface area contributed by atoms with Gasteiger partial charge in [-0.2, -0.15) is 13.2 Å². The lowest BCUT2D eigenvalue weighted by atomic mass is 10.1. The maximum Gasteiger partial charge on any atom is 0.416 e. The Kier molecular flexibility index (Phi) is 6.67. The molecule has 1 saturated heterocycles. The fraction of sp³-hybridized carbons (Fsp3) is 0.381. The van der Waals surface area contributed by atoms with E-state index < -0.39 is 22.4 Å². The Labute approximate surface area is 177 Å². The first-order valence-corrected chi connectivity index (χ1v) is 9.79. The van der Waals surface area contributed by atoms with E-state index in [4.69, 9.17) is 4.74 Å². The highest BCUT2D eigenvalue weighted by Crippen LogP contribution is 2.36. The molecule has 0 radical (unpaired) electrons. The average molecular weight is 437 g/mol. The van der Waals surface area contributed by atoms with E-state index in [-0.39, 0.29) is 18.0 Å². The SMILES string of the molecule is CCOc1ccc(CC(=O)N2CCN(c3ccc(C(F)(F)F)cc3[N+](=O)[O-])CC2)cc1. The predicted octanol–water partition coefficient (Wildman–Crippen LogP) is 3.90. The maximum absolute atomic E-state index is 12.9. The second-order valence-corrected chi connectivity index (χ2v) is 7.08. The van der Waals surface area contributed by atoms with Gasteiger partial charge in [-0.1, -0.05) is 12.1 Å². The van der Waals surface area contributed by atoms with Gasteiger partial charge in [-0.05, 0) is 36.8 Å². The summed E-state index contributed by atoms with van der Waals surface area (Å²) < 4.78 is 44.1. The number of carbonyl (C=O) groups is 1. The standard InChI is InChI=1S/C21H22F3N3O4/c1-2-31-17-6-3-15(4-7-17)13-20(28)26-11-9-25(10-12-26)18-8-5-16(21(22,23)24)14-19(18)27(29)30/h3-8,14H,2,9-13H2,1H3. The molecule has 31 heavy (non-hydrogen) atoms. The Morgan fingerprint density at radius 1 is 1.10 bits per heavy atom. The zero-order valence-electron chi connectivity index (χ0n) is 16.9. The van der Waals surface area contributed by atoms with Gasteiger partial charge in [0.1, 0.15) is 11.4 Å². The summed E-state index contributed by atoms with van der Waals surface area (Å²) in [5.74, 6) is 0.649. The molecule has 1 aliphatic rings. The van der Waals surface area contributed by atoms with Crippen LogP contribution in [0.4, 0.5) is 24.5 Å². The predicted molar refractivity (Wildman–Crippen MR) is 108 cm³/mol. The smallest absolute Gasteiger partial charge is 0.416 e. The van der Waals surface area contributed by atoms with Crippen LogP contribution in [0.5, 0.6) is 5.75 Å². The summed E-state index contributed by atoms with van der Waals surface area (Å²) in [6, 6.07) is 9.76. The number of nitro benzene ring substituents is 1. The van der Waals surface area contributed by atoms with Gasteiger partial charge in [0.05, 0.1) is 23.5 Å². The van der Waals surface area contributed by atoms with Crippen LogP contribution in [0.3, 0.4) is 0 Å². The average Bonchev–Trinajstić information content (AvgIpc) is 2.74. The third kappa shape index (κ3) is 5.44. The summed E-state index contributed by atoms with van der Waals surface area (Å²) in [6.45, 7) is 3.68. The van der Waals surface area contributed by atoms with Crippen LogP contribution in [0.15, 0.2) is 42.5 Å². The van der Waals surface area contributed by atoms with Crippen molar-refractivity contribution < 1.29 is 27.6 Å². The first-order valence-electron chi connectivity index (χ1n) is 9.79. The van der Waals surface area contributed by atoms with Crippen LogP contribution in [0, 0.1) is 10.1 Å². The van der Waals surface area contributed by atoms with Crippen LogP contribution >= 0.6 is 0 Å². The quantitative estimate of drug-likeness (QED) is 0.506. The van der Waals surface area contributed by atoms with Gasteiger partial charge in [0.15, 0.2) is 0 Å². The zero-order chi connectivity index (χ0) is 22.6. The monoisotopic (exact) mass is 437 g/mol. The number of alkyl halides is 3. The molecule has 0 aromatic heterocycles. The van der Waals surface area contributed by atoms with Crippen LogP contribution in [0.2, 0.25) is 0 Å². The molecule has 3 rings (SSSR count). The van der Waals surface area contributed by atoms with E-state index in [2.05, 4.69) is 0 Å². The summed E-state index contributed by atoms with van der Waals surface area (Å²) in [4.78, 5) is 26.4. The van der Waals surface area contributed by atoms with Gasteiger partial charge in [-0.15, -0.1) is 0 Å². The number of piperazine rings is 1. The molecule has 166 valence electrons. The minimum atomic E-state index is -4.66. The van der Waals surface area contributed by atoms with Gasteiger partial charge in [0, 0.05) is 32.2 Å². The van der Waals surface area contributed by atoms with Crippen molar-refractivity contribution in [1.82, 2.24) is 4.90 Å². The molecule has 0 bridgehead atoms. The topological polar surface area (TPSA) is 75.9 Å². The highest BCUT2D eigenvalue weighted by molar-refractivity contribution is 5.79. The molecule has 2 aromatic carbocycles. The lowest BCUT2D eigenvalue weighted by molar-refractivity contribution is -0.384. The Balaban J connectivity index is 1.63. The molecular weight excluding hydrogens is 415 g/mol. The molecule has 0 N–H and O–H groups in total.